The number of hydrogen-bond acceptors (Lipinski definition) is 2. The lowest BCUT2D eigenvalue weighted by atomic mass is 10.2. The van der Waals surface area contributed by atoms with Crippen molar-refractivity contribution in [2.75, 3.05) is 6.54 Å². The third-order valence-corrected chi connectivity index (χ3v) is 2.35. The van der Waals surface area contributed by atoms with E-state index in [1.165, 1.54) is 19.1 Å². The second-order valence-corrected chi connectivity index (χ2v) is 3.62. The van der Waals surface area contributed by atoms with Crippen LogP contribution in [0.25, 0.3) is 0 Å². The van der Waals surface area contributed by atoms with Gasteiger partial charge in [-0.1, -0.05) is 0 Å². The molecule has 1 aromatic rings. The van der Waals surface area contributed by atoms with E-state index in [2.05, 4.69) is 5.32 Å². The molecule has 1 N–H and O–H groups in total. The van der Waals surface area contributed by atoms with Crippen molar-refractivity contribution >= 4 is 5.91 Å². The molecular weight excluding hydrogens is 166 g/mol. The minimum atomic E-state index is -0.0156. The molecule has 13 heavy (non-hydrogen) atoms. The number of nitrogens with one attached hydrogen (secondary N) is 1. The minimum absolute atomic E-state index is 0.0156. The molecule has 0 aromatic carbocycles. The summed E-state index contributed by atoms with van der Waals surface area (Å²) in [5.41, 5.74) is 1.55. The number of furan rings is 1. The van der Waals surface area contributed by atoms with E-state index in [1.54, 1.807) is 6.26 Å². The molecule has 3 nitrogen and oxygen atoms in total. The number of hydrogen-bond donors (Lipinski definition) is 1. The van der Waals surface area contributed by atoms with Crippen molar-refractivity contribution in [3.63, 3.8) is 0 Å². The molecule has 0 saturated heterocycles. The van der Waals surface area contributed by atoms with Gasteiger partial charge >= 0.3 is 0 Å². The standard InChI is InChI=1S/C10H13NO2/c1-7-5-13-6-9(7)10(12)11-4-8-2-3-8/h5-6,8H,2-4H2,1H3,(H,11,12). The molecule has 0 unspecified atom stereocenters. The van der Waals surface area contributed by atoms with Gasteiger partial charge in [0.05, 0.1) is 11.8 Å². The lowest BCUT2D eigenvalue weighted by Crippen LogP contribution is -2.25. The van der Waals surface area contributed by atoms with Crippen LogP contribution in [0.5, 0.6) is 0 Å². The first kappa shape index (κ1) is 8.35. The van der Waals surface area contributed by atoms with Gasteiger partial charge in [0.15, 0.2) is 0 Å². The van der Waals surface area contributed by atoms with Crippen molar-refractivity contribution in [2.45, 2.75) is 19.8 Å². The van der Waals surface area contributed by atoms with Gasteiger partial charge in [-0.15, -0.1) is 0 Å². The largest absolute Gasteiger partial charge is 0.471 e. The first-order chi connectivity index (χ1) is 6.27. The molecule has 3 heteroatoms. The molecule has 1 heterocycles. The SMILES string of the molecule is Cc1cocc1C(=O)NCC1CC1. The van der Waals surface area contributed by atoms with E-state index in [9.17, 15) is 4.79 Å². The summed E-state index contributed by atoms with van der Waals surface area (Å²) in [6.45, 7) is 2.68. The Kier molecular flexibility index (Phi) is 2.08. The summed E-state index contributed by atoms with van der Waals surface area (Å²) < 4.78 is 4.93. The minimum Gasteiger partial charge on any atom is -0.471 e. The van der Waals surface area contributed by atoms with E-state index in [-0.39, 0.29) is 5.91 Å². The van der Waals surface area contributed by atoms with E-state index in [0.29, 0.717) is 5.56 Å². The van der Waals surface area contributed by atoms with Crippen LogP contribution >= 0.6 is 0 Å². The highest BCUT2D eigenvalue weighted by Gasteiger charge is 2.22. The molecule has 1 saturated carbocycles. The fourth-order valence-electron chi connectivity index (χ4n) is 1.25. The molecule has 2 rings (SSSR count). The number of aryl methyl sites for hydroxylation is 1. The first-order valence-corrected chi connectivity index (χ1v) is 4.58. The van der Waals surface area contributed by atoms with Gasteiger partial charge in [0.2, 0.25) is 0 Å². The van der Waals surface area contributed by atoms with Crippen molar-refractivity contribution in [1.29, 1.82) is 0 Å². The molecule has 1 aromatic heterocycles. The normalized spacial score (nSPS) is 15.8. The zero-order valence-electron chi connectivity index (χ0n) is 7.67. The summed E-state index contributed by atoms with van der Waals surface area (Å²) in [7, 11) is 0. The summed E-state index contributed by atoms with van der Waals surface area (Å²) >= 11 is 0. The lowest BCUT2D eigenvalue weighted by Gasteiger charge is -2.01. The zero-order valence-corrected chi connectivity index (χ0v) is 7.67. The molecule has 0 aliphatic heterocycles. The van der Waals surface area contributed by atoms with Gasteiger partial charge in [0.1, 0.15) is 6.26 Å². The smallest absolute Gasteiger partial charge is 0.254 e. The predicted octanol–water partition coefficient (Wildman–Crippen LogP) is 1.73. The lowest BCUT2D eigenvalue weighted by molar-refractivity contribution is 0.0950. The van der Waals surface area contributed by atoms with Crippen LogP contribution in [0.1, 0.15) is 28.8 Å². The highest BCUT2D eigenvalue weighted by atomic mass is 16.3. The van der Waals surface area contributed by atoms with Crippen LogP contribution in [-0.2, 0) is 0 Å². The Morgan fingerprint density at radius 2 is 2.38 bits per heavy atom. The number of carbonyl (C=O) groups excluding carboxylic acids is 1. The Morgan fingerprint density at radius 1 is 1.62 bits per heavy atom. The average molecular weight is 179 g/mol. The highest BCUT2D eigenvalue weighted by molar-refractivity contribution is 5.95. The molecule has 0 spiro atoms. The summed E-state index contributed by atoms with van der Waals surface area (Å²) in [6.07, 6.45) is 5.60. The first-order valence-electron chi connectivity index (χ1n) is 4.58. The van der Waals surface area contributed by atoms with Gasteiger partial charge < -0.3 is 9.73 Å². The molecule has 0 atom stereocenters. The summed E-state index contributed by atoms with van der Waals surface area (Å²) in [4.78, 5) is 11.5. The van der Waals surface area contributed by atoms with Crippen LogP contribution in [0.15, 0.2) is 16.9 Å². The van der Waals surface area contributed by atoms with Crippen molar-refractivity contribution in [3.05, 3.63) is 23.7 Å². The Hall–Kier alpha value is -1.25. The Labute approximate surface area is 77.1 Å². The third-order valence-electron chi connectivity index (χ3n) is 2.35. The Balaban J connectivity index is 1.92. The van der Waals surface area contributed by atoms with Crippen molar-refractivity contribution in [3.8, 4) is 0 Å². The Morgan fingerprint density at radius 3 is 2.92 bits per heavy atom. The van der Waals surface area contributed by atoms with Crippen LogP contribution in [0.2, 0.25) is 0 Å². The van der Waals surface area contributed by atoms with Crippen LogP contribution < -0.4 is 5.32 Å². The summed E-state index contributed by atoms with van der Waals surface area (Å²) in [6, 6.07) is 0. The van der Waals surface area contributed by atoms with Crippen LogP contribution in [-0.4, -0.2) is 12.5 Å². The van der Waals surface area contributed by atoms with E-state index >= 15 is 0 Å². The van der Waals surface area contributed by atoms with Gasteiger partial charge in [0.25, 0.3) is 5.91 Å². The monoisotopic (exact) mass is 179 g/mol. The van der Waals surface area contributed by atoms with E-state index in [0.717, 1.165) is 18.0 Å². The molecule has 0 radical (unpaired) electrons. The molecular formula is C10H13NO2. The fraction of sp³-hybridized carbons (Fsp3) is 0.500. The van der Waals surface area contributed by atoms with Crippen molar-refractivity contribution in [1.82, 2.24) is 5.32 Å². The second kappa shape index (κ2) is 3.24. The topological polar surface area (TPSA) is 42.2 Å². The maximum Gasteiger partial charge on any atom is 0.254 e. The molecule has 1 amide bonds. The number of carbonyl (C=O) groups is 1. The average Bonchev–Trinajstić information content (AvgIpc) is 2.84. The zero-order chi connectivity index (χ0) is 9.26. The van der Waals surface area contributed by atoms with E-state index in [4.69, 9.17) is 4.42 Å². The quantitative estimate of drug-likeness (QED) is 0.767. The number of rotatable bonds is 3. The molecule has 0 bridgehead atoms. The number of amides is 1. The van der Waals surface area contributed by atoms with Gasteiger partial charge in [-0.25, -0.2) is 0 Å². The van der Waals surface area contributed by atoms with Crippen LogP contribution in [0.3, 0.4) is 0 Å². The van der Waals surface area contributed by atoms with Crippen molar-refractivity contribution < 1.29 is 9.21 Å². The Bertz CT molecular complexity index is 312. The van der Waals surface area contributed by atoms with Crippen LogP contribution in [0, 0.1) is 12.8 Å². The van der Waals surface area contributed by atoms with Crippen molar-refractivity contribution in [2.24, 2.45) is 5.92 Å². The van der Waals surface area contributed by atoms with Gasteiger partial charge in [-0.2, -0.15) is 0 Å². The van der Waals surface area contributed by atoms with Gasteiger partial charge in [0, 0.05) is 6.54 Å². The molecule has 1 fully saturated rings. The second-order valence-electron chi connectivity index (χ2n) is 3.62. The third kappa shape index (κ3) is 1.91. The fourth-order valence-corrected chi connectivity index (χ4v) is 1.25. The van der Waals surface area contributed by atoms with E-state index < -0.39 is 0 Å². The summed E-state index contributed by atoms with van der Waals surface area (Å²) in [5.74, 6) is 0.703. The van der Waals surface area contributed by atoms with Crippen LogP contribution in [0.4, 0.5) is 0 Å². The molecule has 1 aliphatic rings. The van der Waals surface area contributed by atoms with E-state index in [1.807, 2.05) is 6.92 Å². The van der Waals surface area contributed by atoms with Gasteiger partial charge in [-0.3, -0.25) is 4.79 Å². The molecule has 70 valence electrons. The molecule has 1 aliphatic carbocycles. The van der Waals surface area contributed by atoms with Gasteiger partial charge in [-0.05, 0) is 31.2 Å². The summed E-state index contributed by atoms with van der Waals surface area (Å²) in [5, 5.41) is 2.89. The maximum atomic E-state index is 11.5. The maximum absolute atomic E-state index is 11.5. The predicted molar refractivity (Wildman–Crippen MR) is 48.5 cm³/mol. The highest BCUT2D eigenvalue weighted by Crippen LogP contribution is 2.27.